The van der Waals surface area contributed by atoms with E-state index in [1.165, 1.54) is 5.57 Å². The second-order valence-electron chi connectivity index (χ2n) is 10.4. The van der Waals surface area contributed by atoms with Gasteiger partial charge in [0, 0.05) is 30.3 Å². The summed E-state index contributed by atoms with van der Waals surface area (Å²) in [4.78, 5) is 15.7. The molecule has 4 nitrogen and oxygen atoms in total. The molecule has 4 heteroatoms. The van der Waals surface area contributed by atoms with Gasteiger partial charge >= 0.3 is 0 Å². The van der Waals surface area contributed by atoms with Crippen molar-refractivity contribution >= 4 is 5.78 Å². The van der Waals surface area contributed by atoms with Crippen LogP contribution in [0.25, 0.3) is 0 Å². The van der Waals surface area contributed by atoms with Gasteiger partial charge in [-0.1, -0.05) is 25.5 Å². The number of rotatable bonds is 1. The summed E-state index contributed by atoms with van der Waals surface area (Å²) in [7, 11) is 0. The van der Waals surface area contributed by atoms with Gasteiger partial charge in [-0.2, -0.15) is 0 Å². The highest BCUT2D eigenvalue weighted by atomic mass is 16.5. The molecule has 0 bridgehead atoms. The zero-order chi connectivity index (χ0) is 19.5. The average molecular weight is 386 g/mol. The van der Waals surface area contributed by atoms with Gasteiger partial charge in [0.15, 0.2) is 5.78 Å². The molecule has 4 fully saturated rings. The number of nitrogens with zero attached hydrogens (tertiary/aromatic N) is 1. The number of ether oxygens (including phenoxy) is 1. The van der Waals surface area contributed by atoms with Gasteiger partial charge in [0.05, 0.1) is 19.3 Å². The maximum Gasteiger partial charge on any atom is 0.166 e. The zero-order valence-electron chi connectivity index (χ0n) is 17.5. The van der Waals surface area contributed by atoms with Gasteiger partial charge in [-0.15, -0.1) is 0 Å². The molecular weight excluding hydrogens is 350 g/mol. The fourth-order valence-corrected chi connectivity index (χ4v) is 7.36. The molecule has 0 aromatic rings. The lowest BCUT2D eigenvalue weighted by molar-refractivity contribution is -0.130. The van der Waals surface area contributed by atoms with E-state index >= 15 is 0 Å². The van der Waals surface area contributed by atoms with E-state index in [1.54, 1.807) is 0 Å². The number of hydrogen-bond donors (Lipinski definition) is 1. The molecule has 6 atom stereocenters. The van der Waals surface area contributed by atoms with Crippen molar-refractivity contribution in [1.29, 1.82) is 0 Å². The third-order valence-corrected chi connectivity index (χ3v) is 9.10. The molecule has 1 N–H and O–H groups in total. The highest BCUT2D eigenvalue weighted by Gasteiger charge is 2.59. The molecule has 28 heavy (non-hydrogen) atoms. The molecule has 0 aromatic heterocycles. The van der Waals surface area contributed by atoms with Crippen molar-refractivity contribution in [3.8, 4) is 0 Å². The number of morpholine rings is 1. The Kier molecular flexibility index (Phi) is 4.52. The first-order chi connectivity index (χ1) is 13.4. The summed E-state index contributed by atoms with van der Waals surface area (Å²) in [5.74, 6) is 2.19. The Hall–Kier alpha value is -1.13. The van der Waals surface area contributed by atoms with Crippen LogP contribution < -0.4 is 0 Å². The number of fused-ring (bicyclic) bond motifs is 5. The van der Waals surface area contributed by atoms with E-state index in [0.29, 0.717) is 23.5 Å². The first kappa shape index (κ1) is 18.9. The zero-order valence-corrected chi connectivity index (χ0v) is 17.5. The number of carbonyl (C=O) groups is 1. The molecule has 0 aromatic carbocycles. The lowest BCUT2D eigenvalue weighted by atomic mass is 9.48. The molecule has 4 aliphatic carbocycles. The predicted octanol–water partition coefficient (Wildman–Crippen LogP) is 3.71. The Balaban J connectivity index is 1.43. The molecule has 154 valence electrons. The summed E-state index contributed by atoms with van der Waals surface area (Å²) < 4.78 is 5.46. The minimum atomic E-state index is -0.171. The monoisotopic (exact) mass is 385 g/mol. The Bertz CT molecular complexity index is 721. The molecule has 5 aliphatic rings. The van der Waals surface area contributed by atoms with Crippen LogP contribution in [0.2, 0.25) is 0 Å². The maximum atomic E-state index is 13.4. The standard InChI is InChI=1S/C24H35NO3/c1-23-7-5-18(26)14-17(23)3-4-19-20(23)6-8-24(2)21(19)13-16(22(24)27)15-25-9-11-28-12-10-25/h3,15,18-21,26H,4-14H2,1-2H3/b16-15-/t18-,19-,20+,21+,23+,24+/m1/s1. The highest BCUT2D eigenvalue weighted by Crippen LogP contribution is 2.64. The summed E-state index contributed by atoms with van der Waals surface area (Å²) in [6.45, 7) is 8.03. The first-order valence-electron chi connectivity index (χ1n) is 11.4. The Labute approximate surface area is 169 Å². The van der Waals surface area contributed by atoms with Gasteiger partial charge in [-0.3, -0.25) is 4.79 Å². The molecule has 5 rings (SSSR count). The summed E-state index contributed by atoms with van der Waals surface area (Å²) in [5.41, 5.74) is 2.64. The smallest absolute Gasteiger partial charge is 0.166 e. The van der Waals surface area contributed by atoms with Gasteiger partial charge in [-0.05, 0) is 68.1 Å². The first-order valence-corrected chi connectivity index (χ1v) is 11.4. The van der Waals surface area contributed by atoms with Gasteiger partial charge in [-0.25, -0.2) is 0 Å². The molecule has 3 saturated carbocycles. The molecule has 1 saturated heterocycles. The molecule has 0 amide bonds. The van der Waals surface area contributed by atoms with E-state index in [-0.39, 0.29) is 16.9 Å². The quantitative estimate of drug-likeness (QED) is 0.552. The van der Waals surface area contributed by atoms with Crippen LogP contribution in [-0.2, 0) is 9.53 Å². The van der Waals surface area contributed by atoms with Gasteiger partial charge < -0.3 is 14.7 Å². The van der Waals surface area contributed by atoms with Crippen molar-refractivity contribution in [2.24, 2.45) is 28.6 Å². The second kappa shape index (κ2) is 6.70. The fraction of sp³-hybridized carbons (Fsp3) is 0.792. The van der Waals surface area contributed by atoms with Crippen LogP contribution in [0.15, 0.2) is 23.4 Å². The second-order valence-corrected chi connectivity index (χ2v) is 10.4. The number of hydrogen-bond acceptors (Lipinski definition) is 4. The van der Waals surface area contributed by atoms with E-state index in [2.05, 4.69) is 31.0 Å². The van der Waals surface area contributed by atoms with E-state index < -0.39 is 0 Å². The van der Waals surface area contributed by atoms with E-state index in [9.17, 15) is 9.90 Å². The van der Waals surface area contributed by atoms with Crippen LogP contribution in [0.1, 0.15) is 58.8 Å². The molecule has 0 radical (unpaired) electrons. The number of aliphatic hydroxyl groups is 1. The third-order valence-electron chi connectivity index (χ3n) is 9.10. The molecule has 1 heterocycles. The minimum Gasteiger partial charge on any atom is -0.393 e. The number of allylic oxidation sites excluding steroid dienone is 2. The van der Waals surface area contributed by atoms with Crippen LogP contribution in [-0.4, -0.2) is 48.2 Å². The van der Waals surface area contributed by atoms with Gasteiger partial charge in [0.25, 0.3) is 0 Å². The predicted molar refractivity (Wildman–Crippen MR) is 109 cm³/mol. The maximum absolute atomic E-state index is 13.4. The van der Waals surface area contributed by atoms with E-state index in [0.717, 1.165) is 76.8 Å². The Morgan fingerprint density at radius 3 is 2.64 bits per heavy atom. The topological polar surface area (TPSA) is 49.8 Å². The summed E-state index contributed by atoms with van der Waals surface area (Å²) in [5, 5.41) is 10.2. The van der Waals surface area contributed by atoms with Crippen molar-refractivity contribution in [3.63, 3.8) is 0 Å². The molecule has 0 unspecified atom stereocenters. The van der Waals surface area contributed by atoms with Crippen LogP contribution in [0.3, 0.4) is 0 Å². The Morgan fingerprint density at radius 2 is 1.86 bits per heavy atom. The van der Waals surface area contributed by atoms with Crippen LogP contribution >= 0.6 is 0 Å². The fourth-order valence-electron chi connectivity index (χ4n) is 7.36. The van der Waals surface area contributed by atoms with E-state index in [1.807, 2.05) is 0 Å². The average Bonchev–Trinajstić information content (AvgIpc) is 2.94. The lowest BCUT2D eigenvalue weighted by Crippen LogP contribution is -2.50. The SMILES string of the molecule is C[C@]12CC[C@@H](O)CC1=CC[C@@H]1[C@@H]2CC[C@]2(C)C(=O)/C(=C\N3CCOCC3)C[C@@H]12. The van der Waals surface area contributed by atoms with Gasteiger partial charge in [0.2, 0.25) is 0 Å². The minimum absolute atomic E-state index is 0.152. The van der Waals surface area contributed by atoms with Crippen LogP contribution in [0.5, 0.6) is 0 Å². The number of ketones is 1. The largest absolute Gasteiger partial charge is 0.393 e. The normalized spacial score (nSPS) is 47.4. The lowest BCUT2D eigenvalue weighted by Gasteiger charge is -2.56. The molecule has 1 aliphatic heterocycles. The molecular formula is C24H35NO3. The Morgan fingerprint density at radius 1 is 1.11 bits per heavy atom. The summed E-state index contributed by atoms with van der Waals surface area (Å²) in [6, 6.07) is 0. The van der Waals surface area contributed by atoms with Crippen molar-refractivity contribution in [1.82, 2.24) is 4.90 Å². The number of aliphatic hydroxyl groups excluding tert-OH is 1. The van der Waals surface area contributed by atoms with Gasteiger partial charge in [0.1, 0.15) is 0 Å². The summed E-state index contributed by atoms with van der Waals surface area (Å²) in [6.07, 6.45) is 11.6. The van der Waals surface area contributed by atoms with Crippen LogP contribution in [0.4, 0.5) is 0 Å². The number of carbonyl (C=O) groups excluding carboxylic acids is 1. The van der Waals surface area contributed by atoms with Crippen molar-refractivity contribution in [2.75, 3.05) is 26.3 Å². The molecule has 0 spiro atoms. The van der Waals surface area contributed by atoms with Crippen molar-refractivity contribution in [2.45, 2.75) is 64.9 Å². The third kappa shape index (κ3) is 2.74. The summed E-state index contributed by atoms with van der Waals surface area (Å²) >= 11 is 0. The number of Topliss-reactive ketones (excluding diaryl/α,β-unsaturated/α-hetero) is 1. The van der Waals surface area contributed by atoms with E-state index in [4.69, 9.17) is 4.74 Å². The highest BCUT2D eigenvalue weighted by molar-refractivity contribution is 6.02. The van der Waals surface area contributed by atoms with Crippen molar-refractivity contribution in [3.05, 3.63) is 23.4 Å². The van der Waals surface area contributed by atoms with Crippen molar-refractivity contribution < 1.29 is 14.6 Å². The van der Waals surface area contributed by atoms with Crippen LogP contribution in [0, 0.1) is 28.6 Å².